The van der Waals surface area contributed by atoms with Gasteiger partial charge in [-0.25, -0.2) is 4.98 Å². The zero-order valence-electron chi connectivity index (χ0n) is 10.2. The molecule has 0 fully saturated rings. The largest absolute Gasteiger partial charge is 0.387 e. The predicted octanol–water partition coefficient (Wildman–Crippen LogP) is 3.45. The lowest BCUT2D eigenvalue weighted by molar-refractivity contribution is 0.138. The predicted molar refractivity (Wildman–Crippen MR) is 74.3 cm³/mol. The maximum atomic E-state index is 10.1. The first-order valence-corrected chi connectivity index (χ1v) is 6.98. The Morgan fingerprint density at radius 1 is 1.39 bits per heavy atom. The molecule has 0 radical (unpaired) electrons. The third kappa shape index (κ3) is 1.80. The molecule has 18 heavy (non-hydrogen) atoms. The van der Waals surface area contributed by atoms with Crippen LogP contribution in [0, 0.1) is 6.92 Å². The van der Waals surface area contributed by atoms with Crippen LogP contribution in [0.4, 0.5) is 0 Å². The molecule has 0 saturated heterocycles. The summed E-state index contributed by atoms with van der Waals surface area (Å²) in [6.45, 7) is 3.01. The van der Waals surface area contributed by atoms with Gasteiger partial charge < -0.3 is 9.67 Å². The van der Waals surface area contributed by atoms with E-state index < -0.39 is 6.10 Å². The maximum Gasteiger partial charge on any atom is 0.141 e. The fourth-order valence-electron chi connectivity index (χ4n) is 2.59. The molecule has 94 valence electrons. The van der Waals surface area contributed by atoms with E-state index in [0.29, 0.717) is 0 Å². The van der Waals surface area contributed by atoms with Crippen LogP contribution in [0.5, 0.6) is 0 Å². The third-order valence-electron chi connectivity index (χ3n) is 3.52. The minimum Gasteiger partial charge on any atom is -0.387 e. The number of fused-ring (bicyclic) bond motifs is 1. The van der Waals surface area contributed by atoms with E-state index in [1.54, 1.807) is 0 Å². The van der Waals surface area contributed by atoms with Gasteiger partial charge in [-0.2, -0.15) is 0 Å². The molecule has 0 bridgehead atoms. The number of benzene rings is 1. The van der Waals surface area contributed by atoms with Crippen LogP contribution in [0.3, 0.4) is 0 Å². The van der Waals surface area contributed by atoms with E-state index in [1.807, 2.05) is 12.1 Å². The number of rotatable bonds is 1. The number of hydrogen-bond donors (Lipinski definition) is 1. The van der Waals surface area contributed by atoms with Gasteiger partial charge in [-0.05, 0) is 41.3 Å². The van der Waals surface area contributed by atoms with Gasteiger partial charge in [0.25, 0.3) is 0 Å². The molecular weight excluding hydrogens is 292 g/mol. The van der Waals surface area contributed by atoms with Gasteiger partial charge in [0.2, 0.25) is 0 Å². The number of hydrogen-bond acceptors (Lipinski definition) is 2. The van der Waals surface area contributed by atoms with Gasteiger partial charge in [0.1, 0.15) is 10.4 Å². The topological polar surface area (TPSA) is 38.0 Å². The molecule has 1 aliphatic rings. The average molecular weight is 307 g/mol. The monoisotopic (exact) mass is 306 g/mol. The molecule has 2 heterocycles. The van der Waals surface area contributed by atoms with E-state index in [0.717, 1.165) is 41.1 Å². The fourth-order valence-corrected chi connectivity index (χ4v) is 3.23. The second kappa shape index (κ2) is 4.52. The SMILES string of the molecule is Cc1ccccc1-c1nc(Br)c2n1CCCC2O. The van der Waals surface area contributed by atoms with Crippen molar-refractivity contribution in [2.45, 2.75) is 32.4 Å². The lowest BCUT2D eigenvalue weighted by atomic mass is 10.1. The fraction of sp³-hybridized carbons (Fsp3) is 0.357. The summed E-state index contributed by atoms with van der Waals surface area (Å²) in [5.74, 6) is 0.953. The van der Waals surface area contributed by atoms with E-state index in [-0.39, 0.29) is 0 Å². The van der Waals surface area contributed by atoms with Crippen molar-refractivity contribution in [1.29, 1.82) is 0 Å². The summed E-state index contributed by atoms with van der Waals surface area (Å²) in [5, 5.41) is 10.1. The van der Waals surface area contributed by atoms with Crippen molar-refractivity contribution >= 4 is 15.9 Å². The van der Waals surface area contributed by atoms with Gasteiger partial charge in [0.05, 0.1) is 11.8 Å². The Morgan fingerprint density at radius 3 is 2.94 bits per heavy atom. The molecule has 4 heteroatoms. The Bertz CT molecular complexity index is 591. The summed E-state index contributed by atoms with van der Waals surface area (Å²) in [7, 11) is 0. The zero-order chi connectivity index (χ0) is 12.7. The van der Waals surface area contributed by atoms with Crippen LogP contribution in [-0.4, -0.2) is 14.7 Å². The molecule has 2 aromatic rings. The summed E-state index contributed by atoms with van der Waals surface area (Å²) in [4.78, 5) is 4.59. The Labute approximate surface area is 115 Å². The van der Waals surface area contributed by atoms with Crippen molar-refractivity contribution in [3.05, 3.63) is 40.1 Å². The highest BCUT2D eigenvalue weighted by Gasteiger charge is 2.26. The molecule has 1 unspecified atom stereocenters. The lowest BCUT2D eigenvalue weighted by Crippen LogP contribution is -2.16. The first-order chi connectivity index (χ1) is 8.68. The minimum absolute atomic E-state index is 0.404. The van der Waals surface area contributed by atoms with Crippen molar-refractivity contribution in [2.24, 2.45) is 0 Å². The van der Waals surface area contributed by atoms with Crippen LogP contribution >= 0.6 is 15.9 Å². The smallest absolute Gasteiger partial charge is 0.141 e. The molecule has 0 aliphatic carbocycles. The standard InChI is InChI=1S/C14H15BrN2O/c1-9-5-2-3-6-10(9)14-16-13(15)12-11(18)7-4-8-17(12)14/h2-3,5-6,11,18H,4,7-8H2,1H3. The second-order valence-electron chi connectivity index (χ2n) is 4.74. The Hall–Kier alpha value is -1.13. The van der Waals surface area contributed by atoms with E-state index in [4.69, 9.17) is 0 Å². The molecule has 0 spiro atoms. The third-order valence-corrected chi connectivity index (χ3v) is 4.11. The lowest BCUT2D eigenvalue weighted by Gasteiger charge is -2.22. The van der Waals surface area contributed by atoms with Gasteiger partial charge in [0.15, 0.2) is 0 Å². The van der Waals surface area contributed by atoms with Crippen molar-refractivity contribution in [3.63, 3.8) is 0 Å². The Balaban J connectivity index is 2.20. The Kier molecular flexibility index (Phi) is 2.99. The van der Waals surface area contributed by atoms with Crippen LogP contribution < -0.4 is 0 Å². The number of aliphatic hydroxyl groups excluding tert-OH is 1. The molecule has 0 amide bonds. The number of aromatic nitrogens is 2. The summed E-state index contributed by atoms with van der Waals surface area (Å²) in [6.07, 6.45) is 1.41. The number of aliphatic hydroxyl groups is 1. The number of nitrogens with zero attached hydrogens (tertiary/aromatic N) is 2. The molecule has 3 rings (SSSR count). The number of halogens is 1. The second-order valence-corrected chi connectivity index (χ2v) is 5.49. The van der Waals surface area contributed by atoms with Gasteiger partial charge in [-0.3, -0.25) is 0 Å². The molecule has 1 N–H and O–H groups in total. The Morgan fingerprint density at radius 2 is 2.17 bits per heavy atom. The zero-order valence-corrected chi connectivity index (χ0v) is 11.8. The summed E-state index contributed by atoms with van der Waals surface area (Å²) in [5.41, 5.74) is 3.26. The highest BCUT2D eigenvalue weighted by atomic mass is 79.9. The van der Waals surface area contributed by atoms with Crippen LogP contribution in [-0.2, 0) is 6.54 Å². The van der Waals surface area contributed by atoms with Crippen LogP contribution in [0.25, 0.3) is 11.4 Å². The van der Waals surface area contributed by atoms with Gasteiger partial charge in [-0.15, -0.1) is 0 Å². The number of imidazole rings is 1. The molecule has 1 aromatic carbocycles. The number of aryl methyl sites for hydroxylation is 1. The summed E-state index contributed by atoms with van der Waals surface area (Å²) >= 11 is 3.47. The maximum absolute atomic E-state index is 10.1. The van der Waals surface area contributed by atoms with E-state index in [2.05, 4.69) is 44.5 Å². The van der Waals surface area contributed by atoms with E-state index in [9.17, 15) is 5.11 Å². The highest BCUT2D eigenvalue weighted by molar-refractivity contribution is 9.10. The highest BCUT2D eigenvalue weighted by Crippen LogP contribution is 2.36. The molecular formula is C14H15BrN2O. The quantitative estimate of drug-likeness (QED) is 0.876. The molecule has 3 nitrogen and oxygen atoms in total. The molecule has 1 aliphatic heterocycles. The van der Waals surface area contributed by atoms with Crippen molar-refractivity contribution in [2.75, 3.05) is 0 Å². The van der Waals surface area contributed by atoms with Crippen molar-refractivity contribution in [3.8, 4) is 11.4 Å². The summed E-state index contributed by atoms with van der Waals surface area (Å²) in [6, 6.07) is 8.22. The first kappa shape index (κ1) is 11.9. The van der Waals surface area contributed by atoms with Gasteiger partial charge in [-0.1, -0.05) is 24.3 Å². The average Bonchev–Trinajstić information content (AvgIpc) is 2.69. The molecule has 0 saturated carbocycles. The van der Waals surface area contributed by atoms with Crippen LogP contribution in [0.1, 0.15) is 30.2 Å². The van der Waals surface area contributed by atoms with Gasteiger partial charge in [0, 0.05) is 12.1 Å². The molecule has 1 atom stereocenters. The van der Waals surface area contributed by atoms with Gasteiger partial charge >= 0.3 is 0 Å². The van der Waals surface area contributed by atoms with Crippen LogP contribution in [0.2, 0.25) is 0 Å². The first-order valence-electron chi connectivity index (χ1n) is 6.18. The molecule has 1 aromatic heterocycles. The minimum atomic E-state index is -0.404. The van der Waals surface area contributed by atoms with Crippen molar-refractivity contribution in [1.82, 2.24) is 9.55 Å². The van der Waals surface area contributed by atoms with E-state index in [1.165, 1.54) is 5.56 Å². The summed E-state index contributed by atoms with van der Waals surface area (Å²) < 4.78 is 2.91. The van der Waals surface area contributed by atoms with Crippen molar-refractivity contribution < 1.29 is 5.11 Å². The van der Waals surface area contributed by atoms with E-state index >= 15 is 0 Å². The van der Waals surface area contributed by atoms with Crippen LogP contribution in [0.15, 0.2) is 28.9 Å². The normalized spacial score (nSPS) is 18.7.